The Morgan fingerprint density at radius 3 is 0.850 bits per heavy atom. The molecule has 0 radical (unpaired) electrons. The maximum atomic E-state index is 13.8. The topological polar surface area (TPSA) is 52.6 Å². The molecule has 0 amide bonds. The summed E-state index contributed by atoms with van der Waals surface area (Å²) in [6.45, 7) is 0. The smallest absolute Gasteiger partial charge is 0.349 e. The highest BCUT2D eigenvalue weighted by Crippen LogP contribution is 2.29. The van der Waals surface area contributed by atoms with E-state index in [0.29, 0.717) is 11.1 Å². The number of carbonyl (C=O) groups excluding carboxylic acids is 2. The molecule has 40 heavy (non-hydrogen) atoms. The van der Waals surface area contributed by atoms with Gasteiger partial charge in [-0.2, -0.15) is 0 Å². The van der Waals surface area contributed by atoms with Gasteiger partial charge in [0.25, 0.3) is 0 Å². The first-order chi connectivity index (χ1) is 18.8. The fourth-order valence-electron chi connectivity index (χ4n) is 3.32. The highest BCUT2D eigenvalue weighted by molar-refractivity contribution is 5.92. The number of benzene rings is 4. The van der Waals surface area contributed by atoms with E-state index in [4.69, 9.17) is 0 Å². The average Bonchev–Trinajstić information content (AvgIpc) is 2.94. The summed E-state index contributed by atoms with van der Waals surface area (Å²) < 4.78 is 144. The molecule has 14 heteroatoms. The van der Waals surface area contributed by atoms with E-state index < -0.39 is 81.2 Å². The van der Waals surface area contributed by atoms with Gasteiger partial charge in [-0.15, -0.1) is 0 Å². The van der Waals surface area contributed by atoms with E-state index in [2.05, 4.69) is 9.47 Å². The number of rotatable bonds is 5. The number of hydrogen-bond donors (Lipinski definition) is 0. The first-order valence-electron chi connectivity index (χ1n) is 10.5. The van der Waals surface area contributed by atoms with Gasteiger partial charge in [-0.3, -0.25) is 0 Å². The Balaban J connectivity index is 1.49. The molecule has 0 aromatic heterocycles. The first kappa shape index (κ1) is 28.1. The Kier molecular flexibility index (Phi) is 7.53. The van der Waals surface area contributed by atoms with Gasteiger partial charge in [0.1, 0.15) is 22.6 Å². The molecule has 4 aromatic carbocycles. The van der Waals surface area contributed by atoms with Crippen molar-refractivity contribution in [2.24, 2.45) is 0 Å². The van der Waals surface area contributed by atoms with Crippen LogP contribution in [-0.4, -0.2) is 11.9 Å². The molecule has 206 valence electrons. The van der Waals surface area contributed by atoms with Crippen molar-refractivity contribution in [1.82, 2.24) is 0 Å². The third-order valence-corrected chi connectivity index (χ3v) is 5.29. The Bertz CT molecular complexity index is 1490. The molecule has 4 aromatic rings. The average molecular weight is 574 g/mol. The van der Waals surface area contributed by atoms with Crippen LogP contribution in [0.2, 0.25) is 0 Å². The molecule has 0 atom stereocenters. The van der Waals surface area contributed by atoms with Gasteiger partial charge in [-0.25, -0.2) is 53.5 Å². The van der Waals surface area contributed by atoms with Crippen LogP contribution in [0.4, 0.5) is 43.9 Å². The van der Waals surface area contributed by atoms with Crippen LogP contribution in [0.1, 0.15) is 20.7 Å². The van der Waals surface area contributed by atoms with Gasteiger partial charge in [0.05, 0.1) is 0 Å². The van der Waals surface area contributed by atoms with Gasteiger partial charge >= 0.3 is 11.9 Å². The monoisotopic (exact) mass is 574 g/mol. The molecular formula is C26H8F10O4. The SMILES string of the molecule is O=C(Oc1ccc(-c2ccc(OC(=O)c3c(F)c(F)c(F)c(F)c3F)cc2)cc1)c1c(F)c(F)c(F)c(F)c1F. The number of hydrogen-bond acceptors (Lipinski definition) is 4. The zero-order chi connectivity index (χ0) is 29.5. The van der Waals surface area contributed by atoms with Crippen molar-refractivity contribution in [3.05, 3.63) is 118 Å². The second-order valence-corrected chi connectivity index (χ2v) is 7.72. The molecule has 0 saturated carbocycles. The third-order valence-electron chi connectivity index (χ3n) is 5.29. The molecule has 0 heterocycles. The van der Waals surface area contributed by atoms with Crippen molar-refractivity contribution in [2.75, 3.05) is 0 Å². The number of esters is 2. The van der Waals surface area contributed by atoms with E-state index in [1.807, 2.05) is 0 Å². The fraction of sp³-hybridized carbons (Fsp3) is 0. The van der Waals surface area contributed by atoms with Crippen molar-refractivity contribution >= 4 is 11.9 Å². The quantitative estimate of drug-likeness (QED) is 0.0834. The highest BCUT2D eigenvalue weighted by Gasteiger charge is 2.32. The lowest BCUT2D eigenvalue weighted by Crippen LogP contribution is -2.17. The molecule has 0 N–H and O–H groups in total. The molecule has 4 nitrogen and oxygen atoms in total. The van der Waals surface area contributed by atoms with Crippen LogP contribution in [-0.2, 0) is 0 Å². The molecule has 0 saturated heterocycles. The van der Waals surface area contributed by atoms with Gasteiger partial charge in [-0.05, 0) is 35.4 Å². The van der Waals surface area contributed by atoms with E-state index >= 15 is 0 Å². The second-order valence-electron chi connectivity index (χ2n) is 7.72. The Morgan fingerprint density at radius 2 is 0.600 bits per heavy atom. The second kappa shape index (κ2) is 10.7. The van der Waals surface area contributed by atoms with Crippen molar-refractivity contribution in [1.29, 1.82) is 0 Å². The summed E-state index contributed by atoms with van der Waals surface area (Å²) in [5, 5.41) is 0. The maximum Gasteiger partial charge on any atom is 0.349 e. The molecule has 0 aliphatic rings. The molecule has 0 aliphatic carbocycles. The standard InChI is InChI=1S/C26H8F10O4/c27-15-13(16(28)20(32)23(35)19(15)31)25(37)39-11-5-1-9(2-6-11)10-3-7-12(8-4-10)40-26(38)14-17(29)21(33)24(36)22(34)18(14)30/h1-8H. The molecule has 0 unspecified atom stereocenters. The molecule has 4 rings (SSSR count). The predicted molar refractivity (Wildman–Crippen MR) is 114 cm³/mol. The van der Waals surface area contributed by atoms with Gasteiger partial charge in [-0.1, -0.05) is 24.3 Å². The lowest BCUT2D eigenvalue weighted by Gasteiger charge is -2.10. The zero-order valence-electron chi connectivity index (χ0n) is 19.0. The minimum atomic E-state index is -2.45. The molecular weight excluding hydrogens is 566 g/mol. The Morgan fingerprint density at radius 1 is 0.375 bits per heavy atom. The predicted octanol–water partition coefficient (Wildman–Crippen LogP) is 7.18. The zero-order valence-corrected chi connectivity index (χ0v) is 19.0. The van der Waals surface area contributed by atoms with Crippen LogP contribution in [0.25, 0.3) is 11.1 Å². The lowest BCUT2D eigenvalue weighted by atomic mass is 10.1. The number of halogens is 10. The molecule has 0 aliphatic heterocycles. The molecule has 0 spiro atoms. The van der Waals surface area contributed by atoms with Crippen LogP contribution in [0, 0.1) is 58.2 Å². The van der Waals surface area contributed by atoms with Crippen molar-refractivity contribution in [2.45, 2.75) is 0 Å². The van der Waals surface area contributed by atoms with E-state index in [-0.39, 0.29) is 11.5 Å². The van der Waals surface area contributed by atoms with Gasteiger partial charge in [0, 0.05) is 0 Å². The summed E-state index contributed by atoms with van der Waals surface area (Å²) in [6, 6.07) is 9.64. The van der Waals surface area contributed by atoms with Crippen LogP contribution in [0.3, 0.4) is 0 Å². The minimum Gasteiger partial charge on any atom is -0.423 e. The summed E-state index contributed by atoms with van der Waals surface area (Å²) >= 11 is 0. The van der Waals surface area contributed by atoms with E-state index in [1.165, 1.54) is 24.3 Å². The van der Waals surface area contributed by atoms with E-state index in [1.54, 1.807) is 0 Å². The molecule has 0 fully saturated rings. The van der Waals surface area contributed by atoms with Gasteiger partial charge < -0.3 is 9.47 Å². The lowest BCUT2D eigenvalue weighted by molar-refractivity contribution is 0.0710. The summed E-state index contributed by atoms with van der Waals surface area (Å²) in [4.78, 5) is 24.1. The number of carbonyl (C=O) groups is 2. The molecule has 0 bridgehead atoms. The third kappa shape index (κ3) is 4.95. The first-order valence-corrected chi connectivity index (χ1v) is 10.5. The summed E-state index contributed by atoms with van der Waals surface area (Å²) in [6.07, 6.45) is 0. The highest BCUT2D eigenvalue weighted by atomic mass is 19.2. The summed E-state index contributed by atoms with van der Waals surface area (Å²) in [7, 11) is 0. The van der Waals surface area contributed by atoms with Gasteiger partial charge in [0.15, 0.2) is 46.5 Å². The van der Waals surface area contributed by atoms with Crippen LogP contribution in [0.15, 0.2) is 48.5 Å². The van der Waals surface area contributed by atoms with Crippen LogP contribution < -0.4 is 9.47 Å². The minimum absolute atomic E-state index is 0.342. The van der Waals surface area contributed by atoms with Crippen molar-refractivity contribution in [3.8, 4) is 22.6 Å². The normalized spacial score (nSPS) is 10.9. The number of ether oxygens (including phenoxy) is 2. The van der Waals surface area contributed by atoms with Crippen LogP contribution >= 0.6 is 0 Å². The summed E-state index contributed by atoms with van der Waals surface area (Å²) in [5.41, 5.74) is -2.82. The van der Waals surface area contributed by atoms with Crippen molar-refractivity contribution < 1.29 is 63.0 Å². The largest absolute Gasteiger partial charge is 0.423 e. The van der Waals surface area contributed by atoms with E-state index in [9.17, 15) is 53.5 Å². The van der Waals surface area contributed by atoms with Crippen molar-refractivity contribution in [3.63, 3.8) is 0 Å². The summed E-state index contributed by atoms with van der Waals surface area (Å²) in [5.74, 6) is -28.1. The van der Waals surface area contributed by atoms with Crippen LogP contribution in [0.5, 0.6) is 11.5 Å². The fourth-order valence-corrected chi connectivity index (χ4v) is 3.32. The van der Waals surface area contributed by atoms with Gasteiger partial charge in [0.2, 0.25) is 11.6 Å². The Hall–Kier alpha value is -4.88. The Labute approximate surface area is 216 Å². The van der Waals surface area contributed by atoms with E-state index in [0.717, 1.165) is 24.3 Å². The maximum absolute atomic E-state index is 13.8.